The smallest absolute Gasteiger partial charge is 0.178 e. The second-order valence-corrected chi connectivity index (χ2v) is 6.02. The molecule has 0 saturated heterocycles. The SMILES string of the molecule is Cc1nnc2ccc(NCC(C)(O)CCC(C)C)nn12. The molecule has 0 aliphatic carbocycles. The van der Waals surface area contributed by atoms with E-state index in [4.69, 9.17) is 0 Å². The Morgan fingerprint density at radius 2 is 2.10 bits per heavy atom. The number of rotatable bonds is 6. The minimum atomic E-state index is -0.733. The Bertz CT molecular complexity index is 576. The highest BCUT2D eigenvalue weighted by Gasteiger charge is 2.20. The van der Waals surface area contributed by atoms with Crippen LogP contribution in [-0.4, -0.2) is 37.1 Å². The van der Waals surface area contributed by atoms with Gasteiger partial charge in [-0.25, -0.2) is 0 Å². The fourth-order valence-corrected chi connectivity index (χ4v) is 1.96. The first kappa shape index (κ1) is 14.7. The van der Waals surface area contributed by atoms with Crippen LogP contribution in [0.15, 0.2) is 12.1 Å². The summed E-state index contributed by atoms with van der Waals surface area (Å²) in [7, 11) is 0. The standard InChI is InChI=1S/C14H23N5O/c1-10(2)7-8-14(4,20)9-15-12-5-6-13-17-16-11(3)19(13)18-12/h5-6,10,20H,7-9H2,1-4H3,(H,15,18). The van der Waals surface area contributed by atoms with E-state index >= 15 is 0 Å². The summed E-state index contributed by atoms with van der Waals surface area (Å²) in [6.45, 7) is 8.50. The molecule has 0 amide bonds. The Morgan fingerprint density at radius 1 is 1.35 bits per heavy atom. The molecule has 2 N–H and O–H groups in total. The maximum atomic E-state index is 10.3. The van der Waals surface area contributed by atoms with Crippen molar-refractivity contribution in [2.45, 2.75) is 46.1 Å². The molecule has 0 aromatic carbocycles. The second-order valence-electron chi connectivity index (χ2n) is 6.02. The molecule has 2 rings (SSSR count). The van der Waals surface area contributed by atoms with Crippen molar-refractivity contribution in [1.82, 2.24) is 19.8 Å². The van der Waals surface area contributed by atoms with Crippen molar-refractivity contribution in [2.75, 3.05) is 11.9 Å². The molecule has 0 spiro atoms. The van der Waals surface area contributed by atoms with Gasteiger partial charge in [0, 0.05) is 6.54 Å². The van der Waals surface area contributed by atoms with Crippen molar-refractivity contribution in [3.8, 4) is 0 Å². The van der Waals surface area contributed by atoms with E-state index in [1.807, 2.05) is 26.0 Å². The van der Waals surface area contributed by atoms with Gasteiger partial charge in [-0.1, -0.05) is 13.8 Å². The third-order valence-electron chi connectivity index (χ3n) is 3.33. The van der Waals surface area contributed by atoms with Crippen LogP contribution in [0.4, 0.5) is 5.82 Å². The molecule has 0 radical (unpaired) electrons. The highest BCUT2D eigenvalue weighted by molar-refractivity contribution is 5.43. The number of fused-ring (bicyclic) bond motifs is 1. The predicted molar refractivity (Wildman–Crippen MR) is 78.7 cm³/mol. The van der Waals surface area contributed by atoms with Crippen LogP contribution < -0.4 is 5.32 Å². The van der Waals surface area contributed by atoms with Crippen molar-refractivity contribution >= 4 is 11.5 Å². The molecule has 1 atom stereocenters. The van der Waals surface area contributed by atoms with Crippen molar-refractivity contribution in [3.05, 3.63) is 18.0 Å². The fraction of sp³-hybridized carbons (Fsp3) is 0.643. The number of nitrogens with zero attached hydrogens (tertiary/aromatic N) is 4. The minimum Gasteiger partial charge on any atom is -0.388 e. The average Bonchev–Trinajstić information content (AvgIpc) is 2.76. The van der Waals surface area contributed by atoms with Gasteiger partial charge in [0.1, 0.15) is 5.82 Å². The third kappa shape index (κ3) is 3.66. The molecule has 2 aromatic rings. The average molecular weight is 277 g/mol. The molecule has 20 heavy (non-hydrogen) atoms. The van der Waals surface area contributed by atoms with Gasteiger partial charge in [0.2, 0.25) is 0 Å². The molecular formula is C14H23N5O. The van der Waals surface area contributed by atoms with Crippen molar-refractivity contribution in [2.24, 2.45) is 5.92 Å². The molecule has 0 aliphatic heterocycles. The van der Waals surface area contributed by atoms with Crippen molar-refractivity contribution in [3.63, 3.8) is 0 Å². The summed E-state index contributed by atoms with van der Waals surface area (Å²) in [5.74, 6) is 2.05. The highest BCUT2D eigenvalue weighted by atomic mass is 16.3. The zero-order valence-corrected chi connectivity index (χ0v) is 12.6. The number of anilines is 1. The van der Waals surface area contributed by atoms with Gasteiger partial charge in [0.15, 0.2) is 11.5 Å². The normalized spacial score (nSPS) is 14.7. The number of aromatic nitrogens is 4. The summed E-state index contributed by atoms with van der Waals surface area (Å²) < 4.78 is 1.69. The Morgan fingerprint density at radius 3 is 2.80 bits per heavy atom. The molecule has 2 aromatic heterocycles. The van der Waals surface area contributed by atoms with Crippen LogP contribution in [0.2, 0.25) is 0 Å². The Balaban J connectivity index is 1.99. The molecule has 0 bridgehead atoms. The number of aliphatic hydroxyl groups is 1. The lowest BCUT2D eigenvalue weighted by atomic mass is 9.95. The summed E-state index contributed by atoms with van der Waals surface area (Å²) in [6, 6.07) is 3.71. The van der Waals surface area contributed by atoms with E-state index in [-0.39, 0.29) is 0 Å². The lowest BCUT2D eigenvalue weighted by molar-refractivity contribution is 0.0585. The molecule has 0 saturated carbocycles. The second kappa shape index (κ2) is 5.75. The fourth-order valence-electron chi connectivity index (χ4n) is 1.96. The summed E-state index contributed by atoms with van der Waals surface area (Å²) in [4.78, 5) is 0. The lowest BCUT2D eigenvalue weighted by Crippen LogP contribution is -2.34. The number of aryl methyl sites for hydroxylation is 1. The monoisotopic (exact) mass is 277 g/mol. The summed E-state index contributed by atoms with van der Waals surface area (Å²) in [5.41, 5.74) is -0.0111. The Labute approximate surface area is 119 Å². The van der Waals surface area contributed by atoms with Gasteiger partial charge in [0.25, 0.3) is 0 Å². The van der Waals surface area contributed by atoms with Crippen LogP contribution in [0.1, 0.15) is 39.4 Å². The van der Waals surface area contributed by atoms with Gasteiger partial charge < -0.3 is 10.4 Å². The molecular weight excluding hydrogens is 254 g/mol. The van der Waals surface area contributed by atoms with Crippen LogP contribution in [0.3, 0.4) is 0 Å². The van der Waals surface area contributed by atoms with E-state index in [2.05, 4.69) is 34.5 Å². The van der Waals surface area contributed by atoms with Crippen LogP contribution >= 0.6 is 0 Å². The first-order chi connectivity index (χ1) is 9.37. The maximum Gasteiger partial charge on any atom is 0.178 e. The van der Waals surface area contributed by atoms with Crippen LogP contribution in [0, 0.1) is 12.8 Å². The van der Waals surface area contributed by atoms with Crippen LogP contribution in [0.5, 0.6) is 0 Å². The first-order valence-corrected chi connectivity index (χ1v) is 7.03. The molecule has 6 heteroatoms. The summed E-state index contributed by atoms with van der Waals surface area (Å²) in [6.07, 6.45) is 1.78. The summed E-state index contributed by atoms with van der Waals surface area (Å²) in [5, 5.41) is 25.9. The van der Waals surface area contributed by atoms with E-state index in [1.165, 1.54) is 0 Å². The van der Waals surface area contributed by atoms with E-state index < -0.39 is 5.60 Å². The van der Waals surface area contributed by atoms with E-state index in [1.54, 1.807) is 4.52 Å². The Kier molecular flexibility index (Phi) is 4.23. The highest BCUT2D eigenvalue weighted by Crippen LogP contribution is 2.17. The van der Waals surface area contributed by atoms with Crippen molar-refractivity contribution in [1.29, 1.82) is 0 Å². The predicted octanol–water partition coefficient (Wildman–Crippen LogP) is 2.03. The van der Waals surface area contributed by atoms with Gasteiger partial charge >= 0.3 is 0 Å². The van der Waals surface area contributed by atoms with E-state index in [0.29, 0.717) is 18.3 Å². The molecule has 0 fully saturated rings. The third-order valence-corrected chi connectivity index (χ3v) is 3.33. The minimum absolute atomic E-state index is 0.472. The van der Waals surface area contributed by atoms with Gasteiger partial charge in [-0.05, 0) is 44.7 Å². The quantitative estimate of drug-likeness (QED) is 0.845. The van der Waals surface area contributed by atoms with E-state index in [9.17, 15) is 5.11 Å². The Hall–Kier alpha value is -1.69. The van der Waals surface area contributed by atoms with Gasteiger partial charge in [0.05, 0.1) is 5.60 Å². The van der Waals surface area contributed by atoms with Gasteiger partial charge in [-0.15, -0.1) is 15.3 Å². The largest absolute Gasteiger partial charge is 0.388 e. The number of hydrogen-bond donors (Lipinski definition) is 2. The molecule has 1 unspecified atom stereocenters. The topological polar surface area (TPSA) is 75.3 Å². The maximum absolute atomic E-state index is 10.3. The molecule has 6 nitrogen and oxygen atoms in total. The molecule has 2 heterocycles. The first-order valence-electron chi connectivity index (χ1n) is 7.03. The van der Waals surface area contributed by atoms with Crippen LogP contribution in [-0.2, 0) is 0 Å². The van der Waals surface area contributed by atoms with Crippen LogP contribution in [0.25, 0.3) is 5.65 Å². The molecule has 110 valence electrons. The van der Waals surface area contributed by atoms with Crippen molar-refractivity contribution < 1.29 is 5.11 Å². The molecule has 0 aliphatic rings. The zero-order valence-electron chi connectivity index (χ0n) is 12.6. The zero-order chi connectivity index (χ0) is 14.8. The van der Waals surface area contributed by atoms with E-state index in [0.717, 1.165) is 24.3 Å². The van der Waals surface area contributed by atoms with Gasteiger partial charge in [-0.2, -0.15) is 4.52 Å². The summed E-state index contributed by atoms with van der Waals surface area (Å²) >= 11 is 0. The lowest BCUT2D eigenvalue weighted by Gasteiger charge is -2.24. The number of hydrogen-bond acceptors (Lipinski definition) is 5. The van der Waals surface area contributed by atoms with Gasteiger partial charge in [-0.3, -0.25) is 0 Å². The number of nitrogens with one attached hydrogen (secondary N) is 1.